The van der Waals surface area contributed by atoms with Crippen molar-refractivity contribution in [3.63, 3.8) is 0 Å². The molecule has 0 unspecified atom stereocenters. The van der Waals surface area contributed by atoms with Gasteiger partial charge in [-0.15, -0.1) is 0 Å². The fraction of sp³-hybridized carbons (Fsp3) is 0.0556. The fourth-order valence-corrected chi connectivity index (χ4v) is 3.02. The van der Waals surface area contributed by atoms with Gasteiger partial charge in [0.2, 0.25) is 5.95 Å². The Kier molecular flexibility index (Phi) is 3.74. The minimum absolute atomic E-state index is 0.256. The molecule has 0 radical (unpaired) electrons. The van der Waals surface area contributed by atoms with Crippen LogP contribution in [0.4, 0.5) is 5.95 Å². The zero-order chi connectivity index (χ0) is 17.4. The van der Waals surface area contributed by atoms with E-state index >= 15 is 0 Å². The number of imidazole rings is 1. The van der Waals surface area contributed by atoms with E-state index in [4.69, 9.17) is 17.3 Å². The van der Waals surface area contributed by atoms with E-state index in [-0.39, 0.29) is 5.56 Å². The first-order valence-electron chi connectivity index (χ1n) is 7.67. The average molecular weight is 352 g/mol. The Hall–Kier alpha value is -3.12. The van der Waals surface area contributed by atoms with E-state index in [2.05, 4.69) is 15.2 Å². The van der Waals surface area contributed by atoms with Gasteiger partial charge in [-0.25, -0.2) is 10.1 Å². The lowest BCUT2D eigenvalue weighted by atomic mass is 10.1. The van der Waals surface area contributed by atoms with Gasteiger partial charge in [0.25, 0.3) is 5.56 Å². The predicted octanol–water partition coefficient (Wildman–Crippen LogP) is 3.07. The molecule has 6 nitrogen and oxygen atoms in total. The molecule has 0 saturated heterocycles. The molecule has 3 N–H and O–H groups in total. The van der Waals surface area contributed by atoms with Crippen LogP contribution in [0.2, 0.25) is 5.02 Å². The molecule has 25 heavy (non-hydrogen) atoms. The second kappa shape index (κ2) is 6.07. The number of H-pyrrole nitrogens is 1. The first-order chi connectivity index (χ1) is 12.1. The number of fused-ring (bicyclic) bond motifs is 1. The highest BCUT2D eigenvalue weighted by Gasteiger charge is 2.11. The Bertz CT molecular complexity index is 1110. The summed E-state index contributed by atoms with van der Waals surface area (Å²) in [6, 6.07) is 16.6. The van der Waals surface area contributed by atoms with E-state index in [0.29, 0.717) is 23.2 Å². The summed E-state index contributed by atoms with van der Waals surface area (Å²) in [7, 11) is 0. The van der Waals surface area contributed by atoms with Crippen molar-refractivity contribution in [2.45, 2.75) is 6.54 Å². The van der Waals surface area contributed by atoms with Crippen molar-refractivity contribution in [3.05, 3.63) is 75.5 Å². The quantitative estimate of drug-likeness (QED) is 0.593. The summed E-state index contributed by atoms with van der Waals surface area (Å²) in [4.78, 5) is 15.6. The first-order valence-corrected chi connectivity index (χ1v) is 8.05. The molecule has 2 aromatic carbocycles. The smallest absolute Gasteiger partial charge is 0.264 e. The lowest BCUT2D eigenvalue weighted by Gasteiger charge is -2.10. The van der Waals surface area contributed by atoms with Crippen molar-refractivity contribution in [2.75, 3.05) is 5.73 Å². The molecule has 0 spiro atoms. The third-order valence-corrected chi connectivity index (χ3v) is 4.34. The van der Waals surface area contributed by atoms with Crippen molar-refractivity contribution in [2.24, 2.45) is 0 Å². The molecular formula is C18H14ClN5O. The Morgan fingerprint density at radius 1 is 1.12 bits per heavy atom. The van der Waals surface area contributed by atoms with Crippen LogP contribution in [-0.2, 0) is 6.54 Å². The zero-order valence-corrected chi connectivity index (χ0v) is 13.9. The lowest BCUT2D eigenvalue weighted by molar-refractivity contribution is 0.838. The summed E-state index contributed by atoms with van der Waals surface area (Å²) in [6.07, 6.45) is 0. The van der Waals surface area contributed by atoms with Gasteiger partial charge in [-0.1, -0.05) is 29.8 Å². The van der Waals surface area contributed by atoms with Gasteiger partial charge in [0.05, 0.1) is 28.3 Å². The minimum Gasteiger partial charge on any atom is -0.369 e. The number of nitrogens with zero attached hydrogens (tertiary/aromatic N) is 3. The molecule has 0 aliphatic carbocycles. The number of halogens is 1. The molecule has 0 amide bonds. The number of hydrogen-bond donors (Lipinski definition) is 2. The molecule has 124 valence electrons. The molecular weight excluding hydrogens is 338 g/mol. The Labute approximate surface area is 147 Å². The van der Waals surface area contributed by atoms with Crippen LogP contribution in [0.1, 0.15) is 5.56 Å². The van der Waals surface area contributed by atoms with Crippen molar-refractivity contribution >= 4 is 28.6 Å². The number of aromatic amines is 1. The standard InChI is InChI=1S/C18H14ClN5O/c19-13-6-5-11(9-12(13)14-7-8-17(25)23-22-14)10-24-16-4-2-1-3-15(16)21-18(24)20/h1-9H,10H2,(H2,20,21)(H,23,25). The molecule has 7 heteroatoms. The summed E-state index contributed by atoms with van der Waals surface area (Å²) in [5, 5.41) is 7.04. The largest absolute Gasteiger partial charge is 0.369 e. The lowest BCUT2D eigenvalue weighted by Crippen LogP contribution is -2.06. The minimum atomic E-state index is -0.256. The third kappa shape index (κ3) is 2.88. The molecule has 0 aliphatic heterocycles. The predicted molar refractivity (Wildman–Crippen MR) is 98.6 cm³/mol. The number of rotatable bonds is 3. The average Bonchev–Trinajstić information content (AvgIpc) is 2.93. The molecule has 4 aromatic rings. The molecule has 2 aromatic heterocycles. The van der Waals surface area contributed by atoms with E-state index < -0.39 is 0 Å². The van der Waals surface area contributed by atoms with E-state index in [1.165, 1.54) is 6.07 Å². The summed E-state index contributed by atoms with van der Waals surface area (Å²) in [5.74, 6) is 0.458. The SMILES string of the molecule is Nc1nc2ccccc2n1Cc1ccc(Cl)c(-c2ccc(=O)[nH]n2)c1. The van der Waals surface area contributed by atoms with E-state index in [0.717, 1.165) is 22.2 Å². The van der Waals surface area contributed by atoms with Crippen molar-refractivity contribution < 1.29 is 0 Å². The van der Waals surface area contributed by atoms with Crippen LogP contribution >= 0.6 is 11.6 Å². The molecule has 0 saturated carbocycles. The Morgan fingerprint density at radius 2 is 1.96 bits per heavy atom. The van der Waals surface area contributed by atoms with Gasteiger partial charge in [0.1, 0.15) is 0 Å². The maximum Gasteiger partial charge on any atom is 0.264 e. The summed E-state index contributed by atoms with van der Waals surface area (Å²) in [6.45, 7) is 0.555. The van der Waals surface area contributed by atoms with E-state index in [1.54, 1.807) is 6.07 Å². The number of nitrogens with one attached hydrogen (secondary N) is 1. The monoisotopic (exact) mass is 351 g/mol. The molecule has 4 rings (SSSR count). The number of hydrogen-bond acceptors (Lipinski definition) is 4. The normalized spacial score (nSPS) is 11.1. The Balaban J connectivity index is 1.76. The highest BCUT2D eigenvalue weighted by Crippen LogP contribution is 2.28. The zero-order valence-electron chi connectivity index (χ0n) is 13.1. The molecule has 0 atom stereocenters. The Morgan fingerprint density at radius 3 is 2.76 bits per heavy atom. The van der Waals surface area contributed by atoms with Crippen LogP contribution in [0.3, 0.4) is 0 Å². The molecule has 0 fully saturated rings. The van der Waals surface area contributed by atoms with E-state index in [9.17, 15) is 4.79 Å². The van der Waals surface area contributed by atoms with E-state index in [1.807, 2.05) is 47.0 Å². The number of nitrogen functional groups attached to an aromatic ring is 1. The first kappa shape index (κ1) is 15.4. The number of anilines is 1. The van der Waals surface area contributed by atoms with Crippen molar-refractivity contribution in [1.82, 2.24) is 19.7 Å². The highest BCUT2D eigenvalue weighted by molar-refractivity contribution is 6.33. The van der Waals surface area contributed by atoms with Gasteiger partial charge in [0.15, 0.2) is 0 Å². The van der Waals surface area contributed by atoms with Gasteiger partial charge >= 0.3 is 0 Å². The van der Waals surface area contributed by atoms with Gasteiger partial charge in [-0.3, -0.25) is 4.79 Å². The molecule has 0 bridgehead atoms. The summed E-state index contributed by atoms with van der Waals surface area (Å²) >= 11 is 6.30. The highest BCUT2D eigenvalue weighted by atomic mass is 35.5. The van der Waals surface area contributed by atoms with Gasteiger partial charge in [-0.05, 0) is 35.9 Å². The van der Waals surface area contributed by atoms with Gasteiger partial charge < -0.3 is 10.3 Å². The second-order valence-electron chi connectivity index (χ2n) is 5.67. The molecule has 2 heterocycles. The van der Waals surface area contributed by atoms with Crippen LogP contribution in [0.5, 0.6) is 0 Å². The van der Waals surface area contributed by atoms with Gasteiger partial charge in [-0.2, -0.15) is 5.10 Å². The van der Waals surface area contributed by atoms with Crippen LogP contribution in [0, 0.1) is 0 Å². The number of aromatic nitrogens is 4. The molecule has 0 aliphatic rings. The maximum atomic E-state index is 11.2. The van der Waals surface area contributed by atoms with Gasteiger partial charge in [0, 0.05) is 11.6 Å². The van der Waals surface area contributed by atoms with Crippen LogP contribution in [0.25, 0.3) is 22.3 Å². The third-order valence-electron chi connectivity index (χ3n) is 4.01. The topological polar surface area (TPSA) is 89.6 Å². The number of nitrogens with two attached hydrogens (primary N) is 1. The summed E-state index contributed by atoms with van der Waals surface area (Å²) < 4.78 is 1.95. The number of para-hydroxylation sites is 2. The van der Waals surface area contributed by atoms with Crippen LogP contribution < -0.4 is 11.3 Å². The number of benzene rings is 2. The van der Waals surface area contributed by atoms with Crippen molar-refractivity contribution in [3.8, 4) is 11.3 Å². The fourth-order valence-electron chi connectivity index (χ4n) is 2.80. The maximum absolute atomic E-state index is 11.2. The summed E-state index contributed by atoms with van der Waals surface area (Å²) in [5.41, 5.74) is 10.0. The van der Waals surface area contributed by atoms with Crippen molar-refractivity contribution in [1.29, 1.82) is 0 Å². The van der Waals surface area contributed by atoms with Crippen LogP contribution in [0.15, 0.2) is 59.4 Å². The second-order valence-corrected chi connectivity index (χ2v) is 6.07. The van der Waals surface area contributed by atoms with Crippen LogP contribution in [-0.4, -0.2) is 19.7 Å².